The molecule has 0 aliphatic carbocycles. The number of hydrogen-bond donors (Lipinski definition) is 1. The van der Waals surface area contributed by atoms with Crippen LogP contribution in [0.15, 0.2) is 18.2 Å². The Hall–Kier alpha value is -2.37. The fourth-order valence-corrected chi connectivity index (χ4v) is 1.75. The second-order valence-corrected chi connectivity index (χ2v) is 4.29. The number of benzene rings is 1. The SMILES string of the molecule is C#CCC(N)C(=O)N(CC)Cc1ccc(C#N)cc1F. The van der Waals surface area contributed by atoms with Crippen molar-refractivity contribution in [2.24, 2.45) is 5.73 Å². The molecule has 0 aliphatic rings. The van der Waals surface area contributed by atoms with Crippen LogP contribution in [0.5, 0.6) is 0 Å². The van der Waals surface area contributed by atoms with Crippen molar-refractivity contribution in [1.82, 2.24) is 4.90 Å². The van der Waals surface area contributed by atoms with Crippen molar-refractivity contribution in [2.75, 3.05) is 6.54 Å². The number of nitriles is 1. The number of nitrogens with two attached hydrogens (primary N) is 1. The molecule has 1 atom stereocenters. The maximum atomic E-state index is 13.8. The number of halogens is 1. The fourth-order valence-electron chi connectivity index (χ4n) is 1.75. The van der Waals surface area contributed by atoms with E-state index in [4.69, 9.17) is 17.4 Å². The predicted molar refractivity (Wildman–Crippen MR) is 73.6 cm³/mol. The maximum Gasteiger partial charge on any atom is 0.240 e. The second-order valence-electron chi connectivity index (χ2n) is 4.29. The van der Waals surface area contributed by atoms with Crippen molar-refractivity contribution in [3.05, 3.63) is 35.1 Å². The molecule has 4 nitrogen and oxygen atoms in total. The van der Waals surface area contributed by atoms with Gasteiger partial charge in [0.05, 0.1) is 17.7 Å². The monoisotopic (exact) mass is 273 g/mol. The highest BCUT2D eigenvalue weighted by molar-refractivity contribution is 5.81. The van der Waals surface area contributed by atoms with Crippen LogP contribution in [0.3, 0.4) is 0 Å². The Morgan fingerprint density at radius 3 is 2.80 bits per heavy atom. The quantitative estimate of drug-likeness (QED) is 0.824. The number of hydrogen-bond acceptors (Lipinski definition) is 3. The Labute approximate surface area is 118 Å². The zero-order valence-corrected chi connectivity index (χ0v) is 11.3. The second kappa shape index (κ2) is 7.28. The molecule has 0 aromatic heterocycles. The van der Waals surface area contributed by atoms with E-state index in [9.17, 15) is 9.18 Å². The van der Waals surface area contributed by atoms with E-state index in [1.54, 1.807) is 6.92 Å². The molecule has 0 saturated carbocycles. The van der Waals surface area contributed by atoms with Gasteiger partial charge in [-0.15, -0.1) is 12.3 Å². The summed E-state index contributed by atoms with van der Waals surface area (Å²) >= 11 is 0. The molecule has 1 rings (SSSR count). The van der Waals surface area contributed by atoms with Gasteiger partial charge in [-0.25, -0.2) is 4.39 Å². The summed E-state index contributed by atoms with van der Waals surface area (Å²) in [6, 6.07) is 5.24. The zero-order chi connectivity index (χ0) is 15.1. The van der Waals surface area contributed by atoms with E-state index in [1.807, 2.05) is 6.07 Å². The van der Waals surface area contributed by atoms with Gasteiger partial charge in [-0.05, 0) is 19.1 Å². The summed E-state index contributed by atoms with van der Waals surface area (Å²) in [6.07, 6.45) is 5.27. The van der Waals surface area contributed by atoms with Crippen LogP contribution >= 0.6 is 0 Å². The van der Waals surface area contributed by atoms with Crippen LogP contribution in [0, 0.1) is 29.5 Å². The Morgan fingerprint density at radius 1 is 1.60 bits per heavy atom. The summed E-state index contributed by atoms with van der Waals surface area (Å²) in [4.78, 5) is 13.5. The standard InChI is InChI=1S/C15H16FN3O/c1-3-5-14(18)15(20)19(4-2)10-12-7-6-11(9-17)8-13(12)16/h1,6-8,14H,4-5,10,18H2,2H3. The van der Waals surface area contributed by atoms with Crippen molar-refractivity contribution < 1.29 is 9.18 Å². The van der Waals surface area contributed by atoms with Crippen LogP contribution in [-0.4, -0.2) is 23.4 Å². The van der Waals surface area contributed by atoms with Crippen LogP contribution in [0.25, 0.3) is 0 Å². The molecular formula is C15H16FN3O. The molecule has 0 heterocycles. The topological polar surface area (TPSA) is 70.1 Å². The number of amides is 1. The Bertz CT molecular complexity index is 571. The molecular weight excluding hydrogens is 257 g/mol. The molecule has 1 aromatic rings. The summed E-state index contributed by atoms with van der Waals surface area (Å²) in [6.45, 7) is 2.28. The number of carbonyl (C=O) groups excluding carboxylic acids is 1. The van der Waals surface area contributed by atoms with E-state index >= 15 is 0 Å². The van der Waals surface area contributed by atoms with Gasteiger partial charge in [0.1, 0.15) is 5.82 Å². The normalized spacial score (nSPS) is 11.2. The minimum atomic E-state index is -0.776. The molecule has 1 unspecified atom stereocenters. The first-order valence-corrected chi connectivity index (χ1v) is 6.19. The van der Waals surface area contributed by atoms with Crippen molar-refractivity contribution >= 4 is 5.91 Å². The molecule has 1 aromatic carbocycles. The van der Waals surface area contributed by atoms with Crippen LogP contribution in [0.1, 0.15) is 24.5 Å². The molecule has 2 N–H and O–H groups in total. The molecule has 0 fully saturated rings. The first kappa shape index (κ1) is 15.7. The molecule has 5 heteroatoms. The lowest BCUT2D eigenvalue weighted by molar-refractivity contribution is -0.132. The van der Waals surface area contributed by atoms with Crippen molar-refractivity contribution in [3.63, 3.8) is 0 Å². The average molecular weight is 273 g/mol. The van der Waals surface area contributed by atoms with Gasteiger partial charge >= 0.3 is 0 Å². The van der Waals surface area contributed by atoms with Crippen molar-refractivity contribution in [1.29, 1.82) is 5.26 Å². The summed E-state index contributed by atoms with van der Waals surface area (Å²) in [5, 5.41) is 8.68. The Morgan fingerprint density at radius 2 is 2.30 bits per heavy atom. The van der Waals surface area contributed by atoms with Crippen molar-refractivity contribution in [2.45, 2.75) is 25.9 Å². The first-order chi connectivity index (χ1) is 9.53. The van der Waals surface area contributed by atoms with Gasteiger partial charge in [-0.2, -0.15) is 5.26 Å². The smallest absolute Gasteiger partial charge is 0.240 e. The minimum Gasteiger partial charge on any atom is -0.337 e. The highest BCUT2D eigenvalue weighted by Gasteiger charge is 2.20. The maximum absolute atomic E-state index is 13.8. The minimum absolute atomic E-state index is 0.102. The third kappa shape index (κ3) is 3.81. The summed E-state index contributed by atoms with van der Waals surface area (Å²) in [5.74, 6) is 1.51. The van der Waals surface area contributed by atoms with E-state index in [0.29, 0.717) is 12.1 Å². The van der Waals surface area contributed by atoms with Crippen LogP contribution in [0.4, 0.5) is 4.39 Å². The lowest BCUT2D eigenvalue weighted by Crippen LogP contribution is -2.43. The number of rotatable bonds is 5. The van der Waals surface area contributed by atoms with Crippen LogP contribution in [-0.2, 0) is 11.3 Å². The van der Waals surface area contributed by atoms with Gasteiger partial charge in [0.15, 0.2) is 0 Å². The van der Waals surface area contributed by atoms with Gasteiger partial charge < -0.3 is 10.6 Å². The molecule has 20 heavy (non-hydrogen) atoms. The van der Waals surface area contributed by atoms with Crippen LogP contribution in [0.2, 0.25) is 0 Å². The first-order valence-electron chi connectivity index (χ1n) is 6.19. The Kier molecular flexibility index (Phi) is 5.71. The van der Waals surface area contributed by atoms with Crippen LogP contribution < -0.4 is 5.73 Å². The Balaban J connectivity index is 2.87. The lowest BCUT2D eigenvalue weighted by atomic mass is 10.1. The van der Waals surface area contributed by atoms with E-state index in [-0.39, 0.29) is 24.4 Å². The van der Waals surface area contributed by atoms with Gasteiger partial charge in [0.25, 0.3) is 0 Å². The van der Waals surface area contributed by atoms with Gasteiger partial charge in [-0.1, -0.05) is 6.07 Å². The highest BCUT2D eigenvalue weighted by Crippen LogP contribution is 2.13. The van der Waals surface area contributed by atoms with E-state index < -0.39 is 11.9 Å². The molecule has 104 valence electrons. The third-order valence-corrected chi connectivity index (χ3v) is 2.89. The predicted octanol–water partition coefficient (Wildman–Crippen LogP) is 1.40. The molecule has 1 amide bonds. The van der Waals surface area contributed by atoms with E-state index in [1.165, 1.54) is 17.0 Å². The molecule has 0 saturated heterocycles. The fraction of sp³-hybridized carbons (Fsp3) is 0.333. The van der Waals surface area contributed by atoms with Gasteiger partial charge in [0.2, 0.25) is 5.91 Å². The molecule has 0 bridgehead atoms. The highest BCUT2D eigenvalue weighted by atomic mass is 19.1. The number of nitrogens with zero attached hydrogens (tertiary/aromatic N) is 2. The zero-order valence-electron chi connectivity index (χ0n) is 11.3. The number of terminal acetylenes is 1. The summed E-state index contributed by atoms with van der Waals surface area (Å²) in [5.41, 5.74) is 6.25. The largest absolute Gasteiger partial charge is 0.337 e. The summed E-state index contributed by atoms with van der Waals surface area (Å²) < 4.78 is 13.8. The van der Waals surface area contributed by atoms with Gasteiger partial charge in [-0.3, -0.25) is 4.79 Å². The van der Waals surface area contributed by atoms with E-state index in [2.05, 4.69) is 5.92 Å². The lowest BCUT2D eigenvalue weighted by Gasteiger charge is -2.24. The summed E-state index contributed by atoms with van der Waals surface area (Å²) in [7, 11) is 0. The molecule has 0 radical (unpaired) electrons. The third-order valence-electron chi connectivity index (χ3n) is 2.89. The van der Waals surface area contributed by atoms with E-state index in [0.717, 1.165) is 6.07 Å². The number of likely N-dealkylation sites (N-methyl/N-ethyl adjacent to an activating group) is 1. The van der Waals surface area contributed by atoms with Gasteiger partial charge in [0, 0.05) is 25.1 Å². The average Bonchev–Trinajstić information content (AvgIpc) is 2.45. The number of carbonyl (C=O) groups is 1. The molecule has 0 spiro atoms. The molecule has 0 aliphatic heterocycles. The van der Waals surface area contributed by atoms with Crippen molar-refractivity contribution in [3.8, 4) is 18.4 Å².